The summed E-state index contributed by atoms with van der Waals surface area (Å²) in [5.74, 6) is 0.959. The quantitative estimate of drug-likeness (QED) is 0.555. The van der Waals surface area contributed by atoms with E-state index in [0.29, 0.717) is 0 Å². The summed E-state index contributed by atoms with van der Waals surface area (Å²) in [5, 5.41) is 0. The molecule has 0 aliphatic carbocycles. The van der Waals surface area contributed by atoms with Crippen LogP contribution in [0.2, 0.25) is 0 Å². The lowest BCUT2D eigenvalue weighted by Gasteiger charge is -2.31. The molecule has 0 saturated heterocycles. The molecule has 29 heavy (non-hydrogen) atoms. The van der Waals surface area contributed by atoms with Crippen molar-refractivity contribution < 1.29 is 4.74 Å². The SMILES string of the molecule is COc1ccc2c(c1)CN(CCN(Cc1ccccc1)Cc1ccccc1)CC2. The van der Waals surface area contributed by atoms with Crippen molar-refractivity contribution in [1.29, 1.82) is 0 Å². The van der Waals surface area contributed by atoms with Crippen molar-refractivity contribution in [2.24, 2.45) is 0 Å². The van der Waals surface area contributed by atoms with Gasteiger partial charge in [-0.2, -0.15) is 0 Å². The van der Waals surface area contributed by atoms with Crippen molar-refractivity contribution in [3.8, 4) is 5.75 Å². The lowest BCUT2D eigenvalue weighted by molar-refractivity contribution is 0.183. The molecule has 1 aliphatic heterocycles. The molecular formula is C26H30N2O. The number of nitrogens with zero attached hydrogens (tertiary/aromatic N) is 2. The predicted molar refractivity (Wildman–Crippen MR) is 119 cm³/mol. The molecule has 0 saturated carbocycles. The van der Waals surface area contributed by atoms with Crippen molar-refractivity contribution in [3.05, 3.63) is 101 Å². The molecule has 0 amide bonds. The Morgan fingerprint density at radius 3 is 2.10 bits per heavy atom. The van der Waals surface area contributed by atoms with Crippen LogP contribution in [0.25, 0.3) is 0 Å². The number of rotatable bonds is 8. The Labute approximate surface area is 174 Å². The Balaban J connectivity index is 1.40. The minimum absolute atomic E-state index is 0.959. The maximum Gasteiger partial charge on any atom is 0.119 e. The fourth-order valence-electron chi connectivity index (χ4n) is 4.09. The first kappa shape index (κ1) is 19.7. The van der Waals surface area contributed by atoms with Gasteiger partial charge in [0.05, 0.1) is 7.11 Å². The van der Waals surface area contributed by atoms with Gasteiger partial charge in [0.15, 0.2) is 0 Å². The van der Waals surface area contributed by atoms with E-state index in [9.17, 15) is 0 Å². The first-order chi connectivity index (χ1) is 14.3. The molecular weight excluding hydrogens is 356 g/mol. The maximum atomic E-state index is 5.42. The number of ether oxygens (including phenoxy) is 1. The summed E-state index contributed by atoms with van der Waals surface area (Å²) in [5.41, 5.74) is 5.62. The zero-order valence-electron chi connectivity index (χ0n) is 17.3. The van der Waals surface area contributed by atoms with Crippen LogP contribution < -0.4 is 4.74 Å². The highest BCUT2D eigenvalue weighted by atomic mass is 16.5. The second-order valence-corrected chi connectivity index (χ2v) is 7.84. The normalized spacial score (nSPS) is 14.0. The van der Waals surface area contributed by atoms with Crippen LogP contribution in [0.15, 0.2) is 78.9 Å². The third-order valence-electron chi connectivity index (χ3n) is 5.74. The zero-order chi connectivity index (χ0) is 19.9. The van der Waals surface area contributed by atoms with Gasteiger partial charge in [0.25, 0.3) is 0 Å². The molecule has 150 valence electrons. The van der Waals surface area contributed by atoms with Crippen LogP contribution in [0.4, 0.5) is 0 Å². The summed E-state index contributed by atoms with van der Waals surface area (Å²) < 4.78 is 5.42. The fourth-order valence-corrected chi connectivity index (χ4v) is 4.09. The summed E-state index contributed by atoms with van der Waals surface area (Å²) in [6, 6.07) is 28.1. The summed E-state index contributed by atoms with van der Waals surface area (Å²) in [4.78, 5) is 5.14. The third-order valence-corrected chi connectivity index (χ3v) is 5.74. The highest BCUT2D eigenvalue weighted by Gasteiger charge is 2.18. The Kier molecular flexibility index (Phi) is 6.60. The Morgan fingerprint density at radius 2 is 1.48 bits per heavy atom. The first-order valence-corrected chi connectivity index (χ1v) is 10.5. The molecule has 1 heterocycles. The molecule has 0 spiro atoms. The van der Waals surface area contributed by atoms with Crippen LogP contribution in [-0.2, 0) is 26.1 Å². The van der Waals surface area contributed by atoms with Gasteiger partial charge >= 0.3 is 0 Å². The smallest absolute Gasteiger partial charge is 0.119 e. The van der Waals surface area contributed by atoms with Gasteiger partial charge in [0.2, 0.25) is 0 Å². The van der Waals surface area contributed by atoms with Crippen LogP contribution in [0, 0.1) is 0 Å². The minimum Gasteiger partial charge on any atom is -0.497 e. The summed E-state index contributed by atoms with van der Waals surface area (Å²) in [7, 11) is 1.74. The highest BCUT2D eigenvalue weighted by molar-refractivity contribution is 5.37. The van der Waals surface area contributed by atoms with E-state index in [1.54, 1.807) is 7.11 Å². The van der Waals surface area contributed by atoms with Crippen LogP contribution in [0.5, 0.6) is 5.75 Å². The van der Waals surface area contributed by atoms with Gasteiger partial charge in [-0.05, 0) is 40.8 Å². The van der Waals surface area contributed by atoms with Gasteiger partial charge in [-0.25, -0.2) is 0 Å². The second kappa shape index (κ2) is 9.73. The third kappa shape index (κ3) is 5.47. The number of hydrogen-bond acceptors (Lipinski definition) is 3. The Hall–Kier alpha value is -2.62. The van der Waals surface area contributed by atoms with E-state index >= 15 is 0 Å². The molecule has 0 bridgehead atoms. The van der Waals surface area contributed by atoms with Crippen LogP contribution in [0.3, 0.4) is 0 Å². The standard InChI is InChI=1S/C26H30N2O/c1-29-26-13-12-24-14-15-27(21-25(24)18-26)16-17-28(19-22-8-4-2-5-9-22)20-23-10-6-3-7-11-23/h2-13,18H,14-17,19-21H2,1H3. The van der Waals surface area contributed by atoms with Gasteiger partial charge in [-0.3, -0.25) is 9.80 Å². The van der Waals surface area contributed by atoms with Crippen LogP contribution >= 0.6 is 0 Å². The molecule has 3 aromatic rings. The lowest BCUT2D eigenvalue weighted by Crippen LogP contribution is -2.37. The van der Waals surface area contributed by atoms with E-state index in [-0.39, 0.29) is 0 Å². The van der Waals surface area contributed by atoms with Gasteiger partial charge in [0, 0.05) is 39.3 Å². The topological polar surface area (TPSA) is 15.7 Å². The number of hydrogen-bond donors (Lipinski definition) is 0. The lowest BCUT2D eigenvalue weighted by atomic mass is 9.99. The molecule has 3 nitrogen and oxygen atoms in total. The average Bonchev–Trinajstić information content (AvgIpc) is 2.78. The highest BCUT2D eigenvalue weighted by Crippen LogP contribution is 2.23. The van der Waals surface area contributed by atoms with Crippen molar-refractivity contribution in [1.82, 2.24) is 9.80 Å². The first-order valence-electron chi connectivity index (χ1n) is 10.5. The fraction of sp³-hybridized carbons (Fsp3) is 0.308. The molecule has 0 unspecified atom stereocenters. The van der Waals surface area contributed by atoms with E-state index in [4.69, 9.17) is 4.74 Å². The molecule has 0 atom stereocenters. The molecule has 1 aliphatic rings. The van der Waals surface area contributed by atoms with Gasteiger partial charge in [0.1, 0.15) is 5.75 Å². The van der Waals surface area contributed by atoms with E-state index in [0.717, 1.165) is 51.4 Å². The summed E-state index contributed by atoms with van der Waals surface area (Å²) >= 11 is 0. The van der Waals surface area contributed by atoms with E-state index in [1.807, 2.05) is 0 Å². The Morgan fingerprint density at radius 1 is 0.828 bits per heavy atom. The molecule has 4 rings (SSSR count). The van der Waals surface area contributed by atoms with Crippen LogP contribution in [0.1, 0.15) is 22.3 Å². The van der Waals surface area contributed by atoms with Crippen molar-refractivity contribution in [2.45, 2.75) is 26.1 Å². The monoisotopic (exact) mass is 386 g/mol. The van der Waals surface area contributed by atoms with Crippen molar-refractivity contribution in [2.75, 3.05) is 26.7 Å². The van der Waals surface area contributed by atoms with Crippen molar-refractivity contribution >= 4 is 0 Å². The van der Waals surface area contributed by atoms with E-state index in [1.165, 1.54) is 22.3 Å². The maximum absolute atomic E-state index is 5.42. The van der Waals surface area contributed by atoms with E-state index in [2.05, 4.69) is 88.7 Å². The van der Waals surface area contributed by atoms with E-state index < -0.39 is 0 Å². The molecule has 3 heteroatoms. The largest absolute Gasteiger partial charge is 0.497 e. The zero-order valence-corrected chi connectivity index (χ0v) is 17.3. The van der Waals surface area contributed by atoms with Crippen LogP contribution in [-0.4, -0.2) is 36.5 Å². The summed E-state index contributed by atoms with van der Waals surface area (Å²) in [6.45, 7) is 6.24. The van der Waals surface area contributed by atoms with Crippen molar-refractivity contribution in [3.63, 3.8) is 0 Å². The predicted octanol–water partition coefficient (Wildman–Crippen LogP) is 4.76. The Bertz CT molecular complexity index is 854. The average molecular weight is 387 g/mol. The van der Waals surface area contributed by atoms with Gasteiger partial charge in [-0.1, -0.05) is 66.7 Å². The molecule has 3 aromatic carbocycles. The molecule has 0 fully saturated rings. The second-order valence-electron chi connectivity index (χ2n) is 7.84. The molecule has 0 N–H and O–H groups in total. The summed E-state index contributed by atoms with van der Waals surface area (Å²) in [6.07, 6.45) is 1.12. The number of benzene rings is 3. The molecule has 0 radical (unpaired) electrons. The van der Waals surface area contributed by atoms with Gasteiger partial charge in [-0.15, -0.1) is 0 Å². The number of fused-ring (bicyclic) bond motifs is 1. The number of methoxy groups -OCH3 is 1. The van der Waals surface area contributed by atoms with Gasteiger partial charge < -0.3 is 4.74 Å². The molecule has 0 aromatic heterocycles. The minimum atomic E-state index is 0.959.